The zero-order valence-corrected chi connectivity index (χ0v) is 16.3. The van der Waals surface area contributed by atoms with Crippen molar-refractivity contribution in [2.24, 2.45) is 27.8 Å². The summed E-state index contributed by atoms with van der Waals surface area (Å²) in [5, 5.41) is 14.5. The quantitative estimate of drug-likeness (QED) is 0.431. The molecule has 0 aromatic heterocycles. The van der Waals surface area contributed by atoms with E-state index in [9.17, 15) is 5.11 Å². The van der Waals surface area contributed by atoms with Crippen LogP contribution in [-0.4, -0.2) is 24.0 Å². The number of hydrogen-bond acceptors (Lipinski definition) is 3. The van der Waals surface area contributed by atoms with Gasteiger partial charge in [-0.15, -0.1) is 0 Å². The maximum absolute atomic E-state index is 10.4. The monoisotopic (exact) mass is 333 g/mol. The maximum atomic E-state index is 10.4. The van der Waals surface area contributed by atoms with Gasteiger partial charge in [-0.2, -0.15) is 0 Å². The van der Waals surface area contributed by atoms with Crippen molar-refractivity contribution in [2.45, 2.75) is 72.8 Å². The van der Waals surface area contributed by atoms with Crippen LogP contribution in [0.25, 0.3) is 0 Å². The summed E-state index contributed by atoms with van der Waals surface area (Å²) in [6, 6.07) is 0. The zero-order valence-electron chi connectivity index (χ0n) is 16.3. The average Bonchev–Trinajstić information content (AvgIpc) is 2.83. The number of aliphatic hydroxyl groups excluding tert-OH is 1. The normalized spacial score (nSPS) is 32.6. The van der Waals surface area contributed by atoms with Gasteiger partial charge in [0.25, 0.3) is 0 Å². The van der Waals surface area contributed by atoms with E-state index in [0.717, 1.165) is 31.4 Å². The van der Waals surface area contributed by atoms with E-state index in [2.05, 4.69) is 58.0 Å². The van der Waals surface area contributed by atoms with Crippen LogP contribution >= 0.6 is 0 Å². The molecule has 136 valence electrons. The summed E-state index contributed by atoms with van der Waals surface area (Å²) in [5.74, 6) is 0.929. The molecule has 3 nitrogen and oxygen atoms in total. The van der Waals surface area contributed by atoms with Gasteiger partial charge in [-0.05, 0) is 55.4 Å². The molecular formula is C21H35NO2. The van der Waals surface area contributed by atoms with Crippen molar-refractivity contribution >= 4 is 5.71 Å². The van der Waals surface area contributed by atoms with Gasteiger partial charge < -0.3 is 9.94 Å². The third kappa shape index (κ3) is 3.93. The Morgan fingerprint density at radius 1 is 1.50 bits per heavy atom. The second-order valence-electron chi connectivity index (χ2n) is 8.83. The Hall–Kier alpha value is -1.09. The molecule has 0 aliphatic heterocycles. The fourth-order valence-electron chi connectivity index (χ4n) is 4.54. The highest BCUT2D eigenvalue weighted by Gasteiger charge is 2.47. The zero-order chi connectivity index (χ0) is 18.0. The van der Waals surface area contributed by atoms with Crippen LogP contribution in [0.15, 0.2) is 29.0 Å². The van der Waals surface area contributed by atoms with Crippen molar-refractivity contribution in [1.29, 1.82) is 0 Å². The number of nitrogens with zero attached hydrogens (tertiary/aromatic N) is 1. The summed E-state index contributed by atoms with van der Waals surface area (Å²) in [6.45, 7) is 11.1. The van der Waals surface area contributed by atoms with Crippen molar-refractivity contribution in [1.82, 2.24) is 0 Å². The summed E-state index contributed by atoms with van der Waals surface area (Å²) >= 11 is 0. The fourth-order valence-corrected chi connectivity index (χ4v) is 4.54. The first-order chi connectivity index (χ1) is 11.2. The van der Waals surface area contributed by atoms with E-state index in [1.165, 1.54) is 6.42 Å². The van der Waals surface area contributed by atoms with Gasteiger partial charge >= 0.3 is 0 Å². The van der Waals surface area contributed by atoms with Crippen molar-refractivity contribution in [3.05, 3.63) is 23.8 Å². The smallest absolute Gasteiger partial charge is 0.106 e. The molecule has 2 aliphatic carbocycles. The molecule has 2 rings (SSSR count). The highest BCUT2D eigenvalue weighted by atomic mass is 16.6. The number of oxime groups is 1. The Balaban J connectivity index is 2.04. The predicted molar refractivity (Wildman–Crippen MR) is 101 cm³/mol. The standard InChI is InChI=1S/C21H35NO2/c1-15(9-7-11-19(22-24-6)20(2,3)4)16-12-13-17-18(23)10-8-14-21(16,17)5/h7,11-12,15,17-18,23H,8-10,13-14H2,1-6H3/b11-7+,22-19?. The summed E-state index contributed by atoms with van der Waals surface area (Å²) in [5.41, 5.74) is 2.69. The second kappa shape index (κ2) is 7.43. The third-order valence-corrected chi connectivity index (χ3v) is 5.98. The Morgan fingerprint density at radius 2 is 2.21 bits per heavy atom. The number of hydrogen-bond donors (Lipinski definition) is 1. The van der Waals surface area contributed by atoms with Crippen molar-refractivity contribution in [3.63, 3.8) is 0 Å². The molecule has 0 saturated heterocycles. The van der Waals surface area contributed by atoms with Crippen molar-refractivity contribution in [2.75, 3.05) is 7.11 Å². The first kappa shape index (κ1) is 19.2. The molecule has 24 heavy (non-hydrogen) atoms. The minimum atomic E-state index is -0.124. The molecule has 0 aromatic carbocycles. The molecule has 0 radical (unpaired) electrons. The van der Waals surface area contributed by atoms with Gasteiger partial charge in [-0.25, -0.2) is 0 Å². The number of aliphatic hydroxyl groups is 1. The minimum absolute atomic E-state index is 0.0209. The summed E-state index contributed by atoms with van der Waals surface area (Å²) < 4.78 is 0. The lowest BCUT2D eigenvalue weighted by Gasteiger charge is -2.43. The molecule has 0 amide bonds. The molecule has 0 aromatic rings. The first-order valence-corrected chi connectivity index (χ1v) is 9.37. The number of fused-ring (bicyclic) bond motifs is 1. The SMILES string of the molecule is CON=C(/C=C/CC(C)C1=CCC2C(O)CCCC12C)C(C)(C)C. The van der Waals surface area contributed by atoms with Gasteiger partial charge in [0.1, 0.15) is 7.11 Å². The number of allylic oxidation sites excluding steroid dienone is 4. The van der Waals surface area contributed by atoms with Crippen LogP contribution in [0, 0.1) is 22.7 Å². The Bertz CT molecular complexity index is 526. The Kier molecular flexibility index (Phi) is 5.95. The van der Waals surface area contributed by atoms with E-state index in [1.807, 2.05) is 0 Å². The van der Waals surface area contributed by atoms with E-state index < -0.39 is 0 Å². The van der Waals surface area contributed by atoms with Crippen LogP contribution < -0.4 is 0 Å². The topological polar surface area (TPSA) is 41.8 Å². The molecule has 3 heteroatoms. The van der Waals surface area contributed by atoms with Crippen LogP contribution in [0.2, 0.25) is 0 Å². The van der Waals surface area contributed by atoms with Gasteiger partial charge in [-0.1, -0.05) is 57.5 Å². The molecule has 1 N–H and O–H groups in total. The summed E-state index contributed by atoms with van der Waals surface area (Å²) in [7, 11) is 1.60. The van der Waals surface area contributed by atoms with Crippen molar-refractivity contribution < 1.29 is 9.94 Å². The van der Waals surface area contributed by atoms with Crippen LogP contribution in [0.1, 0.15) is 66.7 Å². The van der Waals surface area contributed by atoms with Gasteiger partial charge in [-0.3, -0.25) is 0 Å². The molecule has 0 bridgehead atoms. The Morgan fingerprint density at radius 3 is 2.83 bits per heavy atom. The lowest BCUT2D eigenvalue weighted by Crippen LogP contribution is -2.39. The van der Waals surface area contributed by atoms with E-state index >= 15 is 0 Å². The number of rotatable bonds is 5. The third-order valence-electron chi connectivity index (χ3n) is 5.98. The summed E-state index contributed by atoms with van der Waals surface area (Å²) in [6.07, 6.45) is 12.0. The maximum Gasteiger partial charge on any atom is 0.106 e. The van der Waals surface area contributed by atoms with Crippen LogP contribution in [0.4, 0.5) is 0 Å². The largest absolute Gasteiger partial charge is 0.399 e. The molecule has 4 atom stereocenters. The molecule has 2 aliphatic rings. The van der Waals surface area contributed by atoms with Crippen LogP contribution in [0.3, 0.4) is 0 Å². The minimum Gasteiger partial charge on any atom is -0.399 e. The lowest BCUT2D eigenvalue weighted by atomic mass is 9.63. The predicted octanol–water partition coefficient (Wildman–Crippen LogP) is 5.11. The van der Waals surface area contributed by atoms with E-state index in [1.54, 1.807) is 12.7 Å². The molecule has 1 fully saturated rings. The van der Waals surface area contributed by atoms with E-state index in [4.69, 9.17) is 4.84 Å². The highest BCUT2D eigenvalue weighted by molar-refractivity contribution is 5.98. The lowest BCUT2D eigenvalue weighted by molar-refractivity contribution is 0.00805. The van der Waals surface area contributed by atoms with Gasteiger partial charge in [0, 0.05) is 5.41 Å². The van der Waals surface area contributed by atoms with E-state index in [0.29, 0.717) is 11.8 Å². The first-order valence-electron chi connectivity index (χ1n) is 9.37. The molecule has 0 heterocycles. The van der Waals surface area contributed by atoms with Crippen molar-refractivity contribution in [3.8, 4) is 0 Å². The van der Waals surface area contributed by atoms with E-state index in [-0.39, 0.29) is 16.9 Å². The summed E-state index contributed by atoms with van der Waals surface area (Å²) in [4.78, 5) is 4.98. The Labute approximate surface area is 147 Å². The van der Waals surface area contributed by atoms with Crippen LogP contribution in [0.5, 0.6) is 0 Å². The molecule has 1 saturated carbocycles. The average molecular weight is 334 g/mol. The van der Waals surface area contributed by atoms with Crippen LogP contribution in [-0.2, 0) is 4.84 Å². The fraction of sp³-hybridized carbons (Fsp3) is 0.762. The second-order valence-corrected chi connectivity index (χ2v) is 8.83. The van der Waals surface area contributed by atoms with Gasteiger partial charge in [0.15, 0.2) is 0 Å². The highest BCUT2D eigenvalue weighted by Crippen LogP contribution is 2.55. The molecule has 4 unspecified atom stereocenters. The van der Waals surface area contributed by atoms with Gasteiger partial charge in [0.05, 0.1) is 11.8 Å². The molecular weight excluding hydrogens is 298 g/mol. The molecule has 0 spiro atoms. The van der Waals surface area contributed by atoms with Gasteiger partial charge in [0.2, 0.25) is 0 Å².